The van der Waals surface area contributed by atoms with Crippen molar-refractivity contribution in [1.29, 1.82) is 0 Å². The van der Waals surface area contributed by atoms with E-state index in [1.807, 2.05) is 37.3 Å². The third-order valence-corrected chi connectivity index (χ3v) is 9.23. The number of methoxy groups -OCH3 is 1. The zero-order valence-electron chi connectivity index (χ0n) is 28.9. The number of carbonyl (C=O) groups is 5. The number of anilines is 1. The molecule has 0 unspecified atom stereocenters. The van der Waals surface area contributed by atoms with Crippen molar-refractivity contribution >= 4 is 46.8 Å². The van der Waals surface area contributed by atoms with Crippen LogP contribution < -0.4 is 21.3 Å². The van der Waals surface area contributed by atoms with Gasteiger partial charge < -0.3 is 35.2 Å². The van der Waals surface area contributed by atoms with Crippen LogP contribution in [0.5, 0.6) is 0 Å². The van der Waals surface area contributed by atoms with Gasteiger partial charge in [-0.05, 0) is 89.1 Å². The Hall–Kier alpha value is -3.97. The molecular weight excluding hydrogens is 634 g/mol. The van der Waals surface area contributed by atoms with Gasteiger partial charge in [-0.3, -0.25) is 14.4 Å². The van der Waals surface area contributed by atoms with Gasteiger partial charge in [0.25, 0.3) is 17.7 Å². The standard InChI is InChI=1S/C35H51N5O7S/c1-25-24-48-31(32(43)38-27(33(44)46-5)17-11-12-18-36-34(45)47-35(2,3)4)30(25)39-29(42)23-40(19-13-6-7-14-20-40)22-28(41)37-21-26-15-9-8-10-16-26/h8-10,15-16,24,27H,6-7,11-14,17-23H2,1-5H3,(H3-,36,37,38,39,41,42,43,45)/p+1/t27-/m0/s1. The smallest absolute Gasteiger partial charge is 0.407 e. The number of carbonyl (C=O) groups excluding carboxylic acids is 5. The van der Waals surface area contributed by atoms with Gasteiger partial charge in [-0.25, -0.2) is 9.59 Å². The summed E-state index contributed by atoms with van der Waals surface area (Å²) in [6.45, 7) is 9.68. The molecule has 2 heterocycles. The first-order valence-corrected chi connectivity index (χ1v) is 17.6. The monoisotopic (exact) mass is 686 g/mol. The number of hydrogen-bond acceptors (Lipinski definition) is 8. The van der Waals surface area contributed by atoms with Crippen molar-refractivity contribution in [2.75, 3.05) is 45.2 Å². The minimum Gasteiger partial charge on any atom is -0.467 e. The van der Waals surface area contributed by atoms with Gasteiger partial charge in [0.2, 0.25) is 0 Å². The number of hydrogen-bond donors (Lipinski definition) is 4. The Morgan fingerprint density at radius 2 is 1.58 bits per heavy atom. The molecule has 0 spiro atoms. The molecule has 1 aromatic heterocycles. The molecule has 1 atom stereocenters. The fourth-order valence-corrected chi connectivity index (χ4v) is 6.64. The highest BCUT2D eigenvalue weighted by Gasteiger charge is 2.35. The van der Waals surface area contributed by atoms with Crippen molar-refractivity contribution < 1.29 is 37.9 Å². The molecule has 1 saturated heterocycles. The van der Waals surface area contributed by atoms with E-state index in [0.717, 1.165) is 49.9 Å². The summed E-state index contributed by atoms with van der Waals surface area (Å²) in [4.78, 5) is 64.8. The molecule has 0 aliphatic carbocycles. The fraction of sp³-hybridized carbons (Fsp3) is 0.571. The van der Waals surface area contributed by atoms with Gasteiger partial charge in [0.15, 0.2) is 13.1 Å². The van der Waals surface area contributed by atoms with Gasteiger partial charge >= 0.3 is 12.1 Å². The number of unbranched alkanes of at least 4 members (excludes halogenated alkanes) is 1. The van der Waals surface area contributed by atoms with Crippen LogP contribution in [0.1, 0.15) is 86.5 Å². The van der Waals surface area contributed by atoms with E-state index in [1.54, 1.807) is 26.2 Å². The Kier molecular flexibility index (Phi) is 14.9. The predicted octanol–water partition coefficient (Wildman–Crippen LogP) is 4.67. The molecule has 0 saturated carbocycles. The van der Waals surface area contributed by atoms with Crippen LogP contribution in [0.4, 0.5) is 10.5 Å². The molecular formula is C35H52N5O7S+. The van der Waals surface area contributed by atoms with Crippen LogP contribution in [0.25, 0.3) is 0 Å². The largest absolute Gasteiger partial charge is 0.467 e. The average molecular weight is 687 g/mol. The lowest BCUT2D eigenvalue weighted by atomic mass is 10.1. The fourth-order valence-electron chi connectivity index (χ4n) is 5.73. The topological polar surface area (TPSA) is 152 Å². The summed E-state index contributed by atoms with van der Waals surface area (Å²) in [6, 6.07) is 8.80. The molecule has 0 bridgehead atoms. The van der Waals surface area contributed by atoms with E-state index in [1.165, 1.54) is 18.4 Å². The van der Waals surface area contributed by atoms with Crippen LogP contribution >= 0.6 is 11.3 Å². The minimum absolute atomic E-state index is 0.102. The summed E-state index contributed by atoms with van der Waals surface area (Å²) < 4.78 is 10.5. The number of esters is 1. The van der Waals surface area contributed by atoms with Gasteiger partial charge in [-0.1, -0.05) is 30.3 Å². The Morgan fingerprint density at radius 3 is 2.23 bits per heavy atom. The van der Waals surface area contributed by atoms with Crippen LogP contribution in [0, 0.1) is 6.92 Å². The maximum atomic E-state index is 13.6. The lowest BCUT2D eigenvalue weighted by molar-refractivity contribution is -0.912. The van der Waals surface area contributed by atoms with Crippen molar-refractivity contribution in [2.24, 2.45) is 0 Å². The molecule has 0 radical (unpaired) electrons. The summed E-state index contributed by atoms with van der Waals surface area (Å²) in [7, 11) is 1.26. The molecule has 13 heteroatoms. The normalized spacial score (nSPS) is 14.9. The molecule has 1 aliphatic heterocycles. The summed E-state index contributed by atoms with van der Waals surface area (Å²) in [6.07, 6.45) is 4.84. The third kappa shape index (κ3) is 12.9. The van der Waals surface area contributed by atoms with Gasteiger partial charge in [0.05, 0.1) is 25.9 Å². The average Bonchev–Trinajstić information content (AvgIpc) is 3.23. The Balaban J connectivity index is 1.61. The van der Waals surface area contributed by atoms with Gasteiger partial charge in [0, 0.05) is 13.1 Å². The molecule has 4 amide bonds. The highest BCUT2D eigenvalue weighted by molar-refractivity contribution is 7.13. The number of nitrogens with zero attached hydrogens (tertiary/aromatic N) is 1. The number of ether oxygens (including phenoxy) is 2. The van der Waals surface area contributed by atoms with Crippen LogP contribution in [-0.4, -0.2) is 85.7 Å². The summed E-state index contributed by atoms with van der Waals surface area (Å²) in [5.41, 5.74) is 1.53. The molecule has 4 N–H and O–H groups in total. The highest BCUT2D eigenvalue weighted by atomic mass is 32.1. The number of benzene rings is 1. The highest BCUT2D eigenvalue weighted by Crippen LogP contribution is 2.28. The number of quaternary nitrogens is 1. The molecule has 3 rings (SSSR count). The maximum Gasteiger partial charge on any atom is 0.407 e. The van der Waals surface area contributed by atoms with E-state index in [9.17, 15) is 24.0 Å². The van der Waals surface area contributed by atoms with Gasteiger partial charge in [0.1, 0.15) is 16.5 Å². The first-order chi connectivity index (χ1) is 22.8. The summed E-state index contributed by atoms with van der Waals surface area (Å²) >= 11 is 1.18. The van der Waals surface area contributed by atoms with Crippen molar-refractivity contribution in [3.05, 3.63) is 51.7 Å². The number of nitrogens with one attached hydrogen (secondary N) is 4. The molecule has 12 nitrogen and oxygen atoms in total. The van der Waals surface area contributed by atoms with E-state index >= 15 is 0 Å². The van der Waals surface area contributed by atoms with Crippen LogP contribution in [0.2, 0.25) is 0 Å². The Bertz CT molecular complexity index is 1380. The van der Waals surface area contributed by atoms with E-state index in [0.29, 0.717) is 42.5 Å². The molecule has 1 aliphatic rings. The number of rotatable bonds is 15. The number of amides is 4. The predicted molar refractivity (Wildman–Crippen MR) is 186 cm³/mol. The van der Waals surface area contributed by atoms with Crippen molar-refractivity contribution in [3.8, 4) is 0 Å². The molecule has 264 valence electrons. The summed E-state index contributed by atoms with van der Waals surface area (Å²) in [5, 5.41) is 13.2. The molecule has 48 heavy (non-hydrogen) atoms. The zero-order valence-corrected chi connectivity index (χ0v) is 29.8. The number of aryl methyl sites for hydroxylation is 1. The van der Waals surface area contributed by atoms with Gasteiger partial charge in [-0.15, -0.1) is 11.3 Å². The SMILES string of the molecule is COC(=O)[C@H](CCCCNC(=O)OC(C)(C)C)NC(=O)c1scc(C)c1NC(=O)C[N+]1(CC(=O)NCc2ccccc2)CCCCCC1. The van der Waals surface area contributed by atoms with Crippen molar-refractivity contribution in [3.63, 3.8) is 0 Å². The second-order valence-electron chi connectivity index (χ2n) is 13.4. The quantitative estimate of drug-likeness (QED) is 0.121. The van der Waals surface area contributed by atoms with Crippen LogP contribution in [-0.2, 0) is 30.4 Å². The lowest BCUT2D eigenvalue weighted by Gasteiger charge is -2.36. The second kappa shape index (κ2) is 18.5. The zero-order chi connectivity index (χ0) is 35.2. The molecule has 1 fully saturated rings. The van der Waals surface area contributed by atoms with E-state index in [2.05, 4.69) is 21.3 Å². The number of alkyl carbamates (subject to hydrolysis) is 1. The number of likely N-dealkylation sites (tertiary alicyclic amines) is 1. The Morgan fingerprint density at radius 1 is 0.917 bits per heavy atom. The van der Waals surface area contributed by atoms with Crippen LogP contribution in [0.15, 0.2) is 35.7 Å². The van der Waals surface area contributed by atoms with Gasteiger partial charge in [-0.2, -0.15) is 0 Å². The number of thiophene rings is 1. The summed E-state index contributed by atoms with van der Waals surface area (Å²) in [5.74, 6) is -1.45. The van der Waals surface area contributed by atoms with E-state index in [-0.39, 0.29) is 29.8 Å². The molecule has 1 aromatic carbocycles. The van der Waals surface area contributed by atoms with Crippen molar-refractivity contribution in [2.45, 2.75) is 90.8 Å². The first-order valence-electron chi connectivity index (χ1n) is 16.7. The Labute approximate surface area is 287 Å². The first kappa shape index (κ1) is 38.5. The lowest BCUT2D eigenvalue weighted by Crippen LogP contribution is -2.57. The van der Waals surface area contributed by atoms with E-state index in [4.69, 9.17) is 9.47 Å². The van der Waals surface area contributed by atoms with Crippen molar-refractivity contribution in [1.82, 2.24) is 16.0 Å². The van der Waals surface area contributed by atoms with Crippen LogP contribution in [0.3, 0.4) is 0 Å². The third-order valence-electron chi connectivity index (χ3n) is 8.13. The van der Waals surface area contributed by atoms with E-state index < -0.39 is 29.6 Å². The maximum absolute atomic E-state index is 13.6. The molecule has 2 aromatic rings. The second-order valence-corrected chi connectivity index (χ2v) is 14.3. The minimum atomic E-state index is -0.907.